The van der Waals surface area contributed by atoms with Gasteiger partial charge in [-0.2, -0.15) is 0 Å². The normalized spacial score (nSPS) is 52.8. The van der Waals surface area contributed by atoms with Crippen molar-refractivity contribution in [2.45, 2.75) is 24.1 Å². The van der Waals surface area contributed by atoms with Crippen molar-refractivity contribution in [3.63, 3.8) is 0 Å². The first-order chi connectivity index (χ1) is 5.69. The molecule has 0 aromatic carbocycles. The molecule has 5 nitrogen and oxygen atoms in total. The van der Waals surface area contributed by atoms with Crippen LogP contribution in [0.4, 0.5) is 0 Å². The van der Waals surface area contributed by atoms with Crippen molar-refractivity contribution in [2.24, 2.45) is 0 Å². The van der Waals surface area contributed by atoms with Crippen LogP contribution in [0.5, 0.6) is 0 Å². The Labute approximate surface area is 69.8 Å². The van der Waals surface area contributed by atoms with Gasteiger partial charge < -0.3 is 24.4 Å². The van der Waals surface area contributed by atoms with Crippen molar-refractivity contribution in [1.29, 1.82) is 0 Å². The molecule has 3 aliphatic heterocycles. The third kappa shape index (κ3) is 0.915. The molecule has 5 heteroatoms. The van der Waals surface area contributed by atoms with Crippen LogP contribution in [-0.2, 0) is 14.2 Å². The second kappa shape index (κ2) is 2.65. The smallest absolute Gasteiger partial charge is 0.221 e. The summed E-state index contributed by atoms with van der Waals surface area (Å²) in [6.45, 7) is 0.443. The molecule has 2 N–H and O–H groups in total. The molecule has 0 spiro atoms. The van der Waals surface area contributed by atoms with Crippen LogP contribution in [0.25, 0.3) is 0 Å². The SMILES string of the molecule is CO[C@]12CO[C@H](CO1)[C@H](O)[C@@H]2O. The minimum absolute atomic E-state index is 0.173. The van der Waals surface area contributed by atoms with E-state index in [0.717, 1.165) is 0 Å². The molecule has 0 amide bonds. The monoisotopic (exact) mass is 176 g/mol. The Hall–Kier alpha value is -0.200. The molecular formula is C7H12O5. The summed E-state index contributed by atoms with van der Waals surface area (Å²) in [5.74, 6) is -1.16. The van der Waals surface area contributed by atoms with Crippen molar-refractivity contribution < 1.29 is 24.4 Å². The Kier molecular flexibility index (Phi) is 1.85. The van der Waals surface area contributed by atoms with E-state index in [9.17, 15) is 10.2 Å². The largest absolute Gasteiger partial charge is 0.387 e. The fraction of sp³-hybridized carbons (Fsp3) is 1.00. The van der Waals surface area contributed by atoms with Crippen LogP contribution >= 0.6 is 0 Å². The lowest BCUT2D eigenvalue weighted by Crippen LogP contribution is -2.69. The third-order valence-electron chi connectivity index (χ3n) is 2.49. The molecule has 3 rings (SSSR count). The maximum Gasteiger partial charge on any atom is 0.221 e. The molecule has 2 bridgehead atoms. The molecule has 0 aromatic heterocycles. The van der Waals surface area contributed by atoms with Gasteiger partial charge in [-0.05, 0) is 0 Å². The number of fused-ring (bicyclic) bond motifs is 3. The van der Waals surface area contributed by atoms with E-state index in [1.807, 2.05) is 0 Å². The van der Waals surface area contributed by atoms with E-state index in [2.05, 4.69) is 0 Å². The summed E-state index contributed by atoms with van der Waals surface area (Å²) >= 11 is 0. The fourth-order valence-electron chi connectivity index (χ4n) is 1.61. The molecule has 0 radical (unpaired) electrons. The van der Waals surface area contributed by atoms with Gasteiger partial charge in [0.1, 0.15) is 24.9 Å². The summed E-state index contributed by atoms with van der Waals surface area (Å²) in [7, 11) is 1.42. The van der Waals surface area contributed by atoms with E-state index in [1.165, 1.54) is 7.11 Å². The first kappa shape index (κ1) is 8.40. The number of hydrogen-bond donors (Lipinski definition) is 2. The average molecular weight is 176 g/mol. The van der Waals surface area contributed by atoms with Gasteiger partial charge in [0.05, 0.1) is 6.61 Å². The molecule has 3 aliphatic rings. The zero-order valence-electron chi connectivity index (χ0n) is 6.77. The van der Waals surface area contributed by atoms with Crippen LogP contribution < -0.4 is 0 Å². The highest BCUT2D eigenvalue weighted by Gasteiger charge is 2.55. The van der Waals surface area contributed by atoms with Crippen molar-refractivity contribution in [3.8, 4) is 0 Å². The van der Waals surface area contributed by atoms with Crippen molar-refractivity contribution in [3.05, 3.63) is 0 Å². The average Bonchev–Trinajstić information content (AvgIpc) is 2.14. The lowest BCUT2D eigenvalue weighted by Gasteiger charge is -2.50. The molecule has 0 aliphatic carbocycles. The van der Waals surface area contributed by atoms with Crippen molar-refractivity contribution in [2.75, 3.05) is 20.3 Å². The highest BCUT2D eigenvalue weighted by molar-refractivity contribution is 4.97. The maximum atomic E-state index is 9.54. The second-order valence-electron chi connectivity index (χ2n) is 3.11. The Morgan fingerprint density at radius 3 is 2.67 bits per heavy atom. The van der Waals surface area contributed by atoms with Gasteiger partial charge in [0.25, 0.3) is 0 Å². The van der Waals surface area contributed by atoms with E-state index in [0.29, 0.717) is 0 Å². The molecule has 4 atom stereocenters. The highest BCUT2D eigenvalue weighted by Crippen LogP contribution is 2.33. The van der Waals surface area contributed by atoms with Crippen LogP contribution in [0.1, 0.15) is 0 Å². The Balaban J connectivity index is 2.22. The zero-order valence-corrected chi connectivity index (χ0v) is 6.77. The molecule has 12 heavy (non-hydrogen) atoms. The number of rotatable bonds is 1. The van der Waals surface area contributed by atoms with E-state index >= 15 is 0 Å². The first-order valence-electron chi connectivity index (χ1n) is 3.86. The summed E-state index contributed by atoms with van der Waals surface area (Å²) in [6.07, 6.45) is -2.35. The lowest BCUT2D eigenvalue weighted by atomic mass is 9.94. The molecule has 0 saturated carbocycles. The minimum atomic E-state index is -1.16. The van der Waals surface area contributed by atoms with E-state index in [-0.39, 0.29) is 13.2 Å². The van der Waals surface area contributed by atoms with E-state index < -0.39 is 24.1 Å². The summed E-state index contributed by atoms with van der Waals surface area (Å²) in [4.78, 5) is 0. The van der Waals surface area contributed by atoms with Crippen molar-refractivity contribution >= 4 is 0 Å². The molecule has 3 saturated heterocycles. The molecule has 3 heterocycles. The fourth-order valence-corrected chi connectivity index (χ4v) is 1.61. The Morgan fingerprint density at radius 1 is 1.50 bits per heavy atom. The molecule has 70 valence electrons. The summed E-state index contributed by atoms with van der Waals surface area (Å²) < 4.78 is 15.4. The topological polar surface area (TPSA) is 68.2 Å². The van der Waals surface area contributed by atoms with Gasteiger partial charge in [-0.3, -0.25) is 0 Å². The predicted molar refractivity (Wildman–Crippen MR) is 37.4 cm³/mol. The van der Waals surface area contributed by atoms with Gasteiger partial charge in [-0.1, -0.05) is 0 Å². The number of aliphatic hydroxyl groups excluding tert-OH is 2. The third-order valence-corrected chi connectivity index (χ3v) is 2.49. The van der Waals surface area contributed by atoms with Crippen LogP contribution in [0.3, 0.4) is 0 Å². The Morgan fingerprint density at radius 2 is 2.25 bits per heavy atom. The van der Waals surface area contributed by atoms with Gasteiger partial charge >= 0.3 is 0 Å². The standard InChI is InChI=1S/C7H12O5/c1-10-7-3-11-4(2-12-7)5(8)6(7)9/h4-6,8-9H,2-3H2,1H3/t4-,5+,6+,7-/m1/s1. The molecule has 0 unspecified atom stereocenters. The van der Waals surface area contributed by atoms with Gasteiger partial charge in [-0.15, -0.1) is 0 Å². The second-order valence-corrected chi connectivity index (χ2v) is 3.11. The van der Waals surface area contributed by atoms with Gasteiger partial charge in [0.15, 0.2) is 0 Å². The summed E-state index contributed by atoms with van der Waals surface area (Å²) in [5, 5.41) is 19.0. The van der Waals surface area contributed by atoms with Gasteiger partial charge in [-0.25, -0.2) is 0 Å². The van der Waals surface area contributed by atoms with Gasteiger partial charge in [0.2, 0.25) is 5.79 Å². The highest BCUT2D eigenvalue weighted by atomic mass is 16.7. The first-order valence-corrected chi connectivity index (χ1v) is 3.86. The van der Waals surface area contributed by atoms with Crippen LogP contribution in [0, 0.1) is 0 Å². The molecule has 0 aromatic rings. The van der Waals surface area contributed by atoms with Crippen molar-refractivity contribution in [1.82, 2.24) is 0 Å². The lowest BCUT2D eigenvalue weighted by molar-refractivity contribution is -0.392. The van der Waals surface area contributed by atoms with Crippen LogP contribution in [-0.4, -0.2) is 54.6 Å². The maximum absolute atomic E-state index is 9.54. The summed E-state index contributed by atoms with van der Waals surface area (Å²) in [6, 6.07) is 0. The number of ether oxygens (including phenoxy) is 3. The molecule has 3 fully saturated rings. The minimum Gasteiger partial charge on any atom is -0.387 e. The number of aliphatic hydroxyl groups is 2. The quantitative estimate of drug-likeness (QED) is 0.508. The predicted octanol–water partition coefficient (Wildman–Crippen LogP) is -1.52. The Bertz CT molecular complexity index is 175. The molecular weight excluding hydrogens is 164 g/mol. The van der Waals surface area contributed by atoms with Gasteiger partial charge in [0, 0.05) is 7.11 Å². The zero-order chi connectivity index (χ0) is 8.77. The van der Waals surface area contributed by atoms with Crippen LogP contribution in [0.15, 0.2) is 0 Å². The number of methoxy groups -OCH3 is 1. The number of hydrogen-bond acceptors (Lipinski definition) is 5. The van der Waals surface area contributed by atoms with E-state index in [4.69, 9.17) is 14.2 Å². The summed E-state index contributed by atoms with van der Waals surface area (Å²) in [5.41, 5.74) is 0. The van der Waals surface area contributed by atoms with E-state index in [1.54, 1.807) is 0 Å². The van der Waals surface area contributed by atoms with Crippen LogP contribution in [0.2, 0.25) is 0 Å².